The third-order valence-corrected chi connectivity index (χ3v) is 6.89. The molecule has 1 fully saturated rings. The van der Waals surface area contributed by atoms with Gasteiger partial charge in [-0.05, 0) is 70.1 Å². The molecule has 1 aliphatic carbocycles. The van der Waals surface area contributed by atoms with Gasteiger partial charge in [-0.2, -0.15) is 0 Å². The maximum Gasteiger partial charge on any atom is 0.254 e. The second-order valence-electron chi connectivity index (χ2n) is 8.06. The molecule has 152 valence electrons. The predicted molar refractivity (Wildman–Crippen MR) is 111 cm³/mol. The van der Waals surface area contributed by atoms with Crippen LogP contribution in [0.25, 0.3) is 0 Å². The summed E-state index contributed by atoms with van der Waals surface area (Å²) in [6.07, 6.45) is 8.95. The number of fused-ring (bicyclic) bond motifs is 1. The molecule has 0 spiro atoms. The molecule has 0 saturated heterocycles. The van der Waals surface area contributed by atoms with E-state index in [4.69, 9.17) is 4.74 Å². The summed E-state index contributed by atoms with van der Waals surface area (Å²) >= 11 is 1.62. The molecule has 2 heterocycles. The Hall–Kier alpha value is -0.820. The van der Waals surface area contributed by atoms with Gasteiger partial charge in [0, 0.05) is 17.3 Å². The average Bonchev–Trinajstić information content (AvgIpc) is 2.70. The van der Waals surface area contributed by atoms with Crippen LogP contribution in [-0.2, 0) is 11.2 Å². The number of nitrogens with zero attached hydrogens (tertiary/aromatic N) is 1. The van der Waals surface area contributed by atoms with Crippen LogP contribution in [0.5, 0.6) is 0 Å². The van der Waals surface area contributed by atoms with E-state index in [0.717, 1.165) is 56.2 Å². The first-order valence-corrected chi connectivity index (χ1v) is 11.6. The standard InChI is InChI=1S/C21H34N2O3S/c1-4-20(24)15-6-10-17(11-7-15)26-13-19-18(22-27-3)12-9-16-8-5-14(2)21(25)23(16)19/h5,8,15,17-20,22,24H,4,6-7,9-13H2,1-3H3. The van der Waals surface area contributed by atoms with Gasteiger partial charge in [-0.25, -0.2) is 0 Å². The molecule has 0 radical (unpaired) electrons. The van der Waals surface area contributed by atoms with Gasteiger partial charge >= 0.3 is 0 Å². The lowest BCUT2D eigenvalue weighted by Gasteiger charge is -2.37. The Kier molecular flexibility index (Phi) is 7.42. The van der Waals surface area contributed by atoms with Gasteiger partial charge in [-0.15, -0.1) is 0 Å². The highest BCUT2D eigenvalue weighted by molar-refractivity contribution is 7.96. The summed E-state index contributed by atoms with van der Waals surface area (Å²) in [7, 11) is 0. The normalized spacial score (nSPS) is 29.3. The highest BCUT2D eigenvalue weighted by atomic mass is 32.2. The van der Waals surface area contributed by atoms with Crippen LogP contribution in [0, 0.1) is 12.8 Å². The van der Waals surface area contributed by atoms with Gasteiger partial charge in [0.05, 0.1) is 24.9 Å². The van der Waals surface area contributed by atoms with Crippen molar-refractivity contribution in [2.24, 2.45) is 5.92 Å². The quantitative estimate of drug-likeness (QED) is 0.695. The molecule has 0 bridgehead atoms. The lowest BCUT2D eigenvalue weighted by molar-refractivity contribution is -0.0226. The third-order valence-electron chi connectivity index (χ3n) is 6.35. The van der Waals surface area contributed by atoms with Crippen LogP contribution in [0.15, 0.2) is 16.9 Å². The van der Waals surface area contributed by atoms with Gasteiger partial charge in [0.15, 0.2) is 0 Å². The van der Waals surface area contributed by atoms with Crippen LogP contribution < -0.4 is 10.3 Å². The predicted octanol–water partition coefficient (Wildman–Crippen LogP) is 3.23. The third kappa shape index (κ3) is 4.78. The van der Waals surface area contributed by atoms with Crippen molar-refractivity contribution in [3.63, 3.8) is 0 Å². The van der Waals surface area contributed by atoms with E-state index in [1.54, 1.807) is 11.9 Å². The van der Waals surface area contributed by atoms with E-state index in [-0.39, 0.29) is 29.9 Å². The van der Waals surface area contributed by atoms with E-state index in [0.29, 0.717) is 12.5 Å². The molecule has 2 aliphatic rings. The van der Waals surface area contributed by atoms with Crippen LogP contribution in [0.1, 0.15) is 62.7 Å². The maximum absolute atomic E-state index is 12.8. The summed E-state index contributed by atoms with van der Waals surface area (Å²) < 4.78 is 11.8. The minimum Gasteiger partial charge on any atom is -0.393 e. The Morgan fingerprint density at radius 1 is 1.30 bits per heavy atom. The van der Waals surface area contributed by atoms with E-state index in [1.165, 1.54) is 0 Å². The molecule has 0 amide bonds. The lowest BCUT2D eigenvalue weighted by atomic mass is 9.83. The van der Waals surface area contributed by atoms with Crippen molar-refractivity contribution in [2.45, 2.75) is 83.1 Å². The van der Waals surface area contributed by atoms with Crippen molar-refractivity contribution in [3.05, 3.63) is 33.7 Å². The Labute approximate surface area is 167 Å². The van der Waals surface area contributed by atoms with Crippen LogP contribution in [0.3, 0.4) is 0 Å². The smallest absolute Gasteiger partial charge is 0.254 e. The van der Waals surface area contributed by atoms with Gasteiger partial charge in [0.1, 0.15) is 0 Å². The van der Waals surface area contributed by atoms with Gasteiger partial charge < -0.3 is 14.4 Å². The molecule has 1 aromatic rings. The summed E-state index contributed by atoms with van der Waals surface area (Å²) in [6, 6.07) is 4.31. The Morgan fingerprint density at radius 2 is 2.04 bits per heavy atom. The van der Waals surface area contributed by atoms with Crippen LogP contribution >= 0.6 is 11.9 Å². The second kappa shape index (κ2) is 9.59. The number of aromatic nitrogens is 1. The Balaban J connectivity index is 1.68. The van der Waals surface area contributed by atoms with Gasteiger partial charge in [0.25, 0.3) is 5.56 Å². The number of hydrogen-bond donors (Lipinski definition) is 2. The van der Waals surface area contributed by atoms with E-state index >= 15 is 0 Å². The summed E-state index contributed by atoms with van der Waals surface area (Å²) in [4.78, 5) is 12.8. The number of nitrogens with one attached hydrogen (secondary N) is 1. The first kappa shape index (κ1) is 20.9. The zero-order valence-electron chi connectivity index (χ0n) is 16.8. The zero-order valence-corrected chi connectivity index (χ0v) is 17.6. The van der Waals surface area contributed by atoms with Gasteiger partial charge in [0.2, 0.25) is 0 Å². The lowest BCUT2D eigenvalue weighted by Crippen LogP contribution is -2.46. The molecule has 5 nitrogen and oxygen atoms in total. The minimum atomic E-state index is -0.173. The van der Waals surface area contributed by atoms with E-state index < -0.39 is 0 Å². The number of aliphatic hydroxyl groups excluding tert-OH is 1. The van der Waals surface area contributed by atoms with Crippen LogP contribution in [0.2, 0.25) is 0 Å². The maximum atomic E-state index is 12.8. The molecule has 3 atom stereocenters. The number of pyridine rings is 1. The number of ether oxygens (including phenoxy) is 1. The zero-order chi connectivity index (χ0) is 19.4. The van der Waals surface area contributed by atoms with Gasteiger partial charge in [-0.3, -0.25) is 9.52 Å². The summed E-state index contributed by atoms with van der Waals surface area (Å²) in [5.74, 6) is 0.418. The molecule has 6 heteroatoms. The molecule has 1 aromatic heterocycles. The monoisotopic (exact) mass is 394 g/mol. The first-order valence-electron chi connectivity index (χ1n) is 10.3. The SMILES string of the molecule is CCC(O)C1CCC(OCC2C(NSC)CCc3ccc(C)c(=O)n32)CC1. The molecule has 0 aromatic carbocycles. The van der Waals surface area contributed by atoms with Crippen molar-refractivity contribution in [1.82, 2.24) is 9.29 Å². The molecular formula is C21H34N2O3S. The molecule has 2 N–H and O–H groups in total. The first-order chi connectivity index (χ1) is 13.0. The molecule has 3 rings (SSSR count). The second-order valence-corrected chi connectivity index (χ2v) is 8.71. The number of hydrogen-bond acceptors (Lipinski definition) is 5. The number of aliphatic hydroxyl groups is 1. The highest BCUT2D eigenvalue weighted by Crippen LogP contribution is 2.31. The van der Waals surface area contributed by atoms with Crippen LogP contribution in [-0.4, -0.2) is 40.8 Å². The number of aryl methyl sites for hydroxylation is 2. The highest BCUT2D eigenvalue weighted by Gasteiger charge is 2.32. The molecule has 1 aliphatic heterocycles. The van der Waals surface area contributed by atoms with E-state index in [9.17, 15) is 9.90 Å². The molecule has 3 unspecified atom stereocenters. The van der Waals surface area contributed by atoms with E-state index in [1.807, 2.05) is 30.7 Å². The van der Waals surface area contributed by atoms with Gasteiger partial charge in [-0.1, -0.05) is 24.9 Å². The van der Waals surface area contributed by atoms with Crippen molar-refractivity contribution >= 4 is 11.9 Å². The molecule has 1 saturated carbocycles. The summed E-state index contributed by atoms with van der Waals surface area (Å²) in [6.45, 7) is 4.51. The summed E-state index contributed by atoms with van der Waals surface area (Å²) in [5, 5.41) is 10.1. The fourth-order valence-electron chi connectivity index (χ4n) is 4.62. The van der Waals surface area contributed by atoms with E-state index in [2.05, 4.69) is 10.8 Å². The molecule has 27 heavy (non-hydrogen) atoms. The number of rotatable bonds is 7. The van der Waals surface area contributed by atoms with Crippen molar-refractivity contribution in [2.75, 3.05) is 12.9 Å². The largest absolute Gasteiger partial charge is 0.393 e. The van der Waals surface area contributed by atoms with Crippen molar-refractivity contribution in [1.29, 1.82) is 0 Å². The Bertz CT molecular complexity index is 670. The fraction of sp³-hybridized carbons (Fsp3) is 0.762. The van der Waals surface area contributed by atoms with Crippen molar-refractivity contribution in [3.8, 4) is 0 Å². The average molecular weight is 395 g/mol. The Morgan fingerprint density at radius 3 is 2.70 bits per heavy atom. The minimum absolute atomic E-state index is 0.0348. The fourth-order valence-corrected chi connectivity index (χ4v) is 5.20. The molecular weight excluding hydrogens is 360 g/mol. The summed E-state index contributed by atoms with van der Waals surface area (Å²) in [5.41, 5.74) is 2.03. The van der Waals surface area contributed by atoms with Crippen LogP contribution in [0.4, 0.5) is 0 Å². The van der Waals surface area contributed by atoms with Crippen molar-refractivity contribution < 1.29 is 9.84 Å². The topological polar surface area (TPSA) is 63.5 Å².